The Hall–Kier alpha value is -2.56. The standard InChI is InChI=1S/C17H19N3O2/c1-13(16-9-5-11-22-16)18-19-17(21)12-20-10-4-7-14-6-2-3-8-15(14)20/h2-3,5-6,8-9,11H,4,7,10,12H2,1H3,(H,19,21)/b18-13+. The summed E-state index contributed by atoms with van der Waals surface area (Å²) in [5.41, 5.74) is 5.70. The van der Waals surface area contributed by atoms with Crippen molar-refractivity contribution >= 4 is 17.3 Å². The first-order valence-corrected chi connectivity index (χ1v) is 7.44. The van der Waals surface area contributed by atoms with Gasteiger partial charge in [0.15, 0.2) is 0 Å². The van der Waals surface area contributed by atoms with E-state index in [9.17, 15) is 4.79 Å². The molecule has 0 atom stereocenters. The van der Waals surface area contributed by atoms with Crippen molar-refractivity contribution in [2.45, 2.75) is 19.8 Å². The summed E-state index contributed by atoms with van der Waals surface area (Å²) in [6.45, 7) is 3.01. The maximum atomic E-state index is 12.1. The van der Waals surface area contributed by atoms with Crippen molar-refractivity contribution < 1.29 is 9.21 Å². The molecule has 1 amide bonds. The smallest absolute Gasteiger partial charge is 0.259 e. The molecule has 5 nitrogen and oxygen atoms in total. The van der Waals surface area contributed by atoms with Crippen LogP contribution in [0.4, 0.5) is 5.69 Å². The van der Waals surface area contributed by atoms with Crippen LogP contribution in [0.1, 0.15) is 24.7 Å². The minimum Gasteiger partial charge on any atom is -0.463 e. The second kappa shape index (κ2) is 6.47. The van der Waals surface area contributed by atoms with E-state index in [1.54, 1.807) is 19.3 Å². The summed E-state index contributed by atoms with van der Waals surface area (Å²) < 4.78 is 5.23. The molecule has 1 aliphatic heterocycles. The highest BCUT2D eigenvalue weighted by Crippen LogP contribution is 2.26. The number of anilines is 1. The van der Waals surface area contributed by atoms with E-state index in [-0.39, 0.29) is 5.91 Å². The molecule has 0 radical (unpaired) electrons. The Morgan fingerprint density at radius 2 is 2.18 bits per heavy atom. The predicted molar refractivity (Wildman–Crippen MR) is 86.0 cm³/mol. The topological polar surface area (TPSA) is 57.8 Å². The van der Waals surface area contributed by atoms with Gasteiger partial charge in [-0.05, 0) is 43.5 Å². The highest BCUT2D eigenvalue weighted by atomic mass is 16.3. The quantitative estimate of drug-likeness (QED) is 0.697. The van der Waals surface area contributed by atoms with E-state index in [4.69, 9.17) is 4.42 Å². The van der Waals surface area contributed by atoms with Gasteiger partial charge in [0.05, 0.1) is 12.8 Å². The van der Waals surface area contributed by atoms with Crippen LogP contribution in [0.2, 0.25) is 0 Å². The fourth-order valence-electron chi connectivity index (χ4n) is 2.67. The fourth-order valence-corrected chi connectivity index (χ4v) is 2.67. The molecule has 114 valence electrons. The van der Waals surface area contributed by atoms with E-state index in [0.717, 1.165) is 25.1 Å². The minimum atomic E-state index is -0.123. The molecule has 22 heavy (non-hydrogen) atoms. The molecule has 5 heteroatoms. The van der Waals surface area contributed by atoms with Crippen molar-refractivity contribution in [1.82, 2.24) is 5.43 Å². The van der Waals surface area contributed by atoms with Gasteiger partial charge < -0.3 is 9.32 Å². The van der Waals surface area contributed by atoms with E-state index in [2.05, 4.69) is 27.6 Å². The summed E-state index contributed by atoms with van der Waals surface area (Å²) in [5, 5.41) is 4.08. The lowest BCUT2D eigenvalue weighted by atomic mass is 10.0. The highest BCUT2D eigenvalue weighted by molar-refractivity contribution is 5.97. The molecule has 0 bridgehead atoms. The number of furan rings is 1. The van der Waals surface area contributed by atoms with E-state index in [0.29, 0.717) is 18.0 Å². The number of nitrogens with one attached hydrogen (secondary N) is 1. The van der Waals surface area contributed by atoms with Crippen LogP contribution in [-0.2, 0) is 11.2 Å². The van der Waals surface area contributed by atoms with Crippen molar-refractivity contribution in [3.05, 3.63) is 54.0 Å². The van der Waals surface area contributed by atoms with Crippen LogP contribution in [0.25, 0.3) is 0 Å². The Kier molecular flexibility index (Phi) is 4.23. The van der Waals surface area contributed by atoms with Gasteiger partial charge in [0.2, 0.25) is 0 Å². The number of nitrogens with zero attached hydrogens (tertiary/aromatic N) is 2. The lowest BCUT2D eigenvalue weighted by molar-refractivity contribution is -0.119. The molecule has 0 saturated heterocycles. The summed E-state index contributed by atoms with van der Waals surface area (Å²) in [7, 11) is 0. The van der Waals surface area contributed by atoms with Gasteiger partial charge in [-0.1, -0.05) is 18.2 Å². The van der Waals surface area contributed by atoms with Crippen LogP contribution in [0.3, 0.4) is 0 Å². The number of hydrogen-bond acceptors (Lipinski definition) is 4. The zero-order chi connectivity index (χ0) is 15.4. The number of amides is 1. The van der Waals surface area contributed by atoms with Gasteiger partial charge in [0.1, 0.15) is 11.5 Å². The van der Waals surface area contributed by atoms with Gasteiger partial charge in [-0.25, -0.2) is 5.43 Å². The second-order valence-corrected chi connectivity index (χ2v) is 5.36. The number of para-hydroxylation sites is 1. The fraction of sp³-hybridized carbons (Fsp3) is 0.294. The summed E-state index contributed by atoms with van der Waals surface area (Å²) in [4.78, 5) is 14.2. The number of aryl methyl sites for hydroxylation is 1. The monoisotopic (exact) mass is 297 g/mol. The van der Waals surface area contributed by atoms with Crippen molar-refractivity contribution in [2.75, 3.05) is 18.0 Å². The Morgan fingerprint density at radius 1 is 1.32 bits per heavy atom. The second-order valence-electron chi connectivity index (χ2n) is 5.36. The molecule has 0 unspecified atom stereocenters. The minimum absolute atomic E-state index is 0.123. The summed E-state index contributed by atoms with van der Waals surface area (Å²) in [5.74, 6) is 0.534. The third-order valence-electron chi connectivity index (χ3n) is 3.77. The lowest BCUT2D eigenvalue weighted by Crippen LogP contribution is -2.38. The molecule has 1 aromatic carbocycles. The number of carbonyl (C=O) groups excluding carboxylic acids is 1. The maximum absolute atomic E-state index is 12.1. The van der Waals surface area contributed by atoms with Crippen LogP contribution in [0, 0.1) is 0 Å². The number of hydrazone groups is 1. The molecule has 0 fully saturated rings. The normalized spacial score (nSPS) is 14.6. The van der Waals surface area contributed by atoms with E-state index in [1.165, 1.54) is 5.56 Å². The molecular weight excluding hydrogens is 278 g/mol. The average Bonchev–Trinajstić information content (AvgIpc) is 3.07. The van der Waals surface area contributed by atoms with Gasteiger partial charge in [0, 0.05) is 12.2 Å². The molecule has 0 spiro atoms. The van der Waals surface area contributed by atoms with Crippen molar-refractivity contribution in [3.63, 3.8) is 0 Å². The van der Waals surface area contributed by atoms with E-state index < -0.39 is 0 Å². The molecule has 0 saturated carbocycles. The van der Waals surface area contributed by atoms with E-state index in [1.807, 2.05) is 18.2 Å². The third kappa shape index (κ3) is 3.19. The van der Waals surface area contributed by atoms with Gasteiger partial charge in [-0.2, -0.15) is 5.10 Å². The molecule has 1 N–H and O–H groups in total. The van der Waals surface area contributed by atoms with Gasteiger partial charge in [0.25, 0.3) is 5.91 Å². The number of rotatable bonds is 4. The first-order valence-electron chi connectivity index (χ1n) is 7.44. The van der Waals surface area contributed by atoms with Gasteiger partial charge in [-0.15, -0.1) is 0 Å². The zero-order valence-electron chi connectivity index (χ0n) is 12.6. The molecule has 2 aromatic rings. The Bertz CT molecular complexity index is 677. The molecule has 2 heterocycles. The van der Waals surface area contributed by atoms with E-state index >= 15 is 0 Å². The summed E-state index contributed by atoms with van der Waals surface area (Å²) >= 11 is 0. The first kappa shape index (κ1) is 14.4. The van der Waals surface area contributed by atoms with Crippen molar-refractivity contribution in [2.24, 2.45) is 5.10 Å². The SMILES string of the molecule is C/C(=N\NC(=O)CN1CCCc2ccccc21)c1ccco1. The highest BCUT2D eigenvalue weighted by Gasteiger charge is 2.18. The Morgan fingerprint density at radius 3 is 3.00 bits per heavy atom. The Balaban J connectivity index is 1.62. The van der Waals surface area contributed by atoms with Crippen LogP contribution in [-0.4, -0.2) is 24.7 Å². The first-order chi connectivity index (χ1) is 10.7. The van der Waals surface area contributed by atoms with Crippen LogP contribution in [0.5, 0.6) is 0 Å². The molecule has 3 rings (SSSR count). The van der Waals surface area contributed by atoms with Crippen LogP contribution < -0.4 is 10.3 Å². The number of benzene rings is 1. The molecule has 1 aliphatic rings. The maximum Gasteiger partial charge on any atom is 0.259 e. The Labute approximate surface area is 129 Å². The molecular formula is C17H19N3O2. The molecule has 0 aliphatic carbocycles. The largest absolute Gasteiger partial charge is 0.463 e. The number of fused-ring (bicyclic) bond motifs is 1. The number of carbonyl (C=O) groups is 1. The average molecular weight is 297 g/mol. The van der Waals surface area contributed by atoms with Gasteiger partial charge in [-0.3, -0.25) is 4.79 Å². The lowest BCUT2D eigenvalue weighted by Gasteiger charge is -2.30. The molecule has 1 aromatic heterocycles. The zero-order valence-corrected chi connectivity index (χ0v) is 12.6. The van der Waals surface area contributed by atoms with Crippen LogP contribution >= 0.6 is 0 Å². The van der Waals surface area contributed by atoms with Gasteiger partial charge >= 0.3 is 0 Å². The third-order valence-corrected chi connectivity index (χ3v) is 3.77. The van der Waals surface area contributed by atoms with Crippen LogP contribution in [0.15, 0.2) is 52.2 Å². The van der Waals surface area contributed by atoms with Crippen molar-refractivity contribution in [1.29, 1.82) is 0 Å². The summed E-state index contributed by atoms with van der Waals surface area (Å²) in [6, 6.07) is 11.8. The van der Waals surface area contributed by atoms with Crippen molar-refractivity contribution in [3.8, 4) is 0 Å². The predicted octanol–water partition coefficient (Wildman–Crippen LogP) is 2.57. The number of hydrogen-bond donors (Lipinski definition) is 1. The summed E-state index contributed by atoms with van der Waals surface area (Å²) in [6.07, 6.45) is 3.73.